The molecule has 1 fully saturated rings. The van der Waals surface area contributed by atoms with Crippen LogP contribution in [0, 0.1) is 0 Å². The van der Waals surface area contributed by atoms with E-state index in [4.69, 9.17) is 4.74 Å². The number of rotatable bonds is 2. The van der Waals surface area contributed by atoms with E-state index in [9.17, 15) is 0 Å². The molecule has 2 nitrogen and oxygen atoms in total. The topological polar surface area (TPSA) is 12.5 Å². The zero-order valence-corrected chi connectivity index (χ0v) is 19.9. The van der Waals surface area contributed by atoms with Crippen molar-refractivity contribution in [1.82, 2.24) is 4.90 Å². The second kappa shape index (κ2) is 12.7. The third-order valence-corrected chi connectivity index (χ3v) is 5.77. The predicted octanol–water partition coefficient (Wildman–Crippen LogP) is 7.16. The molecule has 2 aliphatic heterocycles. The first-order valence-corrected chi connectivity index (χ1v) is 12.1. The molecule has 0 aromatic heterocycles. The first-order valence-electron chi connectivity index (χ1n) is 12.1. The molecule has 0 amide bonds. The normalized spacial score (nSPS) is 23.2. The zero-order chi connectivity index (χ0) is 21.9. The number of ether oxygens (including phenoxy) is 1. The lowest BCUT2D eigenvalue weighted by Gasteiger charge is -2.21. The lowest BCUT2D eigenvalue weighted by atomic mass is 9.87. The Balaban J connectivity index is 0.000000493. The van der Waals surface area contributed by atoms with Crippen LogP contribution in [0.25, 0.3) is 0 Å². The van der Waals surface area contributed by atoms with Gasteiger partial charge in [-0.25, -0.2) is 0 Å². The van der Waals surface area contributed by atoms with Gasteiger partial charge in [-0.3, -0.25) is 4.90 Å². The Morgan fingerprint density at radius 2 is 1.30 bits per heavy atom. The summed E-state index contributed by atoms with van der Waals surface area (Å²) in [5.74, 6) is 0.491. The van der Waals surface area contributed by atoms with Crippen LogP contribution in [0.4, 0.5) is 0 Å². The van der Waals surface area contributed by atoms with Gasteiger partial charge in [-0.05, 0) is 35.1 Å². The molecule has 1 saturated heterocycles. The van der Waals surface area contributed by atoms with Gasteiger partial charge in [0.1, 0.15) is 0 Å². The maximum Gasteiger partial charge on any atom is 0.0901 e. The molecule has 2 aromatic rings. The molecule has 0 saturated carbocycles. The highest BCUT2D eigenvalue weighted by atomic mass is 16.5. The molecule has 2 aromatic carbocycles. The fraction of sp³-hybridized carbons (Fsp3) is 0.500. The fourth-order valence-corrected chi connectivity index (χ4v) is 4.66. The second-order valence-corrected chi connectivity index (χ2v) is 7.29. The van der Waals surface area contributed by atoms with E-state index < -0.39 is 0 Å². The SMILES string of the molecule is C1=CCN(CC2CC3c4ccccc4Cc4ccccc4C3O2)C1.CC.CC.CC. The fourth-order valence-electron chi connectivity index (χ4n) is 4.66. The number of fused-ring (bicyclic) bond motifs is 5. The van der Waals surface area contributed by atoms with Crippen molar-refractivity contribution >= 4 is 0 Å². The molecular formula is C28H41NO. The summed E-state index contributed by atoms with van der Waals surface area (Å²) in [6.07, 6.45) is 7.23. The van der Waals surface area contributed by atoms with E-state index in [0.717, 1.165) is 32.5 Å². The summed E-state index contributed by atoms with van der Waals surface area (Å²) in [4.78, 5) is 2.48. The first kappa shape index (κ1) is 24.4. The molecule has 5 rings (SSSR count). The Morgan fingerprint density at radius 3 is 1.93 bits per heavy atom. The molecule has 2 heterocycles. The lowest BCUT2D eigenvalue weighted by molar-refractivity contribution is 0.0240. The molecule has 3 atom stereocenters. The third-order valence-electron chi connectivity index (χ3n) is 5.77. The largest absolute Gasteiger partial charge is 0.368 e. The van der Waals surface area contributed by atoms with Gasteiger partial charge >= 0.3 is 0 Å². The van der Waals surface area contributed by atoms with Gasteiger partial charge in [0.25, 0.3) is 0 Å². The van der Waals surface area contributed by atoms with Crippen LogP contribution >= 0.6 is 0 Å². The van der Waals surface area contributed by atoms with Crippen LogP contribution in [0.5, 0.6) is 0 Å². The minimum atomic E-state index is 0.213. The molecule has 1 aliphatic carbocycles. The Labute approximate surface area is 185 Å². The summed E-state index contributed by atoms with van der Waals surface area (Å²) in [6, 6.07) is 17.8. The van der Waals surface area contributed by atoms with Crippen molar-refractivity contribution < 1.29 is 4.74 Å². The molecule has 164 valence electrons. The first-order chi connectivity index (χ1) is 14.9. The van der Waals surface area contributed by atoms with Gasteiger partial charge in [0, 0.05) is 25.6 Å². The van der Waals surface area contributed by atoms with Crippen LogP contribution in [-0.4, -0.2) is 30.6 Å². The molecule has 0 N–H and O–H groups in total. The average Bonchev–Trinajstić information content (AvgIpc) is 3.47. The summed E-state index contributed by atoms with van der Waals surface area (Å²) in [5, 5.41) is 0. The quantitative estimate of drug-likeness (QED) is 0.490. The minimum absolute atomic E-state index is 0.213. The van der Waals surface area contributed by atoms with Crippen LogP contribution in [0.2, 0.25) is 0 Å². The van der Waals surface area contributed by atoms with E-state index in [-0.39, 0.29) is 6.10 Å². The van der Waals surface area contributed by atoms with Crippen molar-refractivity contribution in [1.29, 1.82) is 0 Å². The summed E-state index contributed by atoms with van der Waals surface area (Å²) in [5.41, 5.74) is 5.81. The van der Waals surface area contributed by atoms with Gasteiger partial charge in [-0.15, -0.1) is 0 Å². The van der Waals surface area contributed by atoms with E-state index in [1.54, 1.807) is 0 Å². The van der Waals surface area contributed by atoms with Gasteiger partial charge in [-0.2, -0.15) is 0 Å². The highest BCUT2D eigenvalue weighted by Crippen LogP contribution is 2.49. The summed E-state index contributed by atoms with van der Waals surface area (Å²) < 4.78 is 6.62. The summed E-state index contributed by atoms with van der Waals surface area (Å²) >= 11 is 0. The van der Waals surface area contributed by atoms with Gasteiger partial charge < -0.3 is 4.74 Å². The highest BCUT2D eigenvalue weighted by molar-refractivity contribution is 5.45. The second-order valence-electron chi connectivity index (χ2n) is 7.29. The Morgan fingerprint density at radius 1 is 0.767 bits per heavy atom. The summed E-state index contributed by atoms with van der Waals surface area (Å²) in [6.45, 7) is 15.2. The standard InChI is InChI=1S/C22H23NO.3C2H6/c1-3-9-19-16(7-1)13-17-8-2-4-10-20(17)22-21(19)14-18(24-22)15-23-11-5-6-12-23;3*1-2/h1-10,18,21-22H,11-15H2;3*1-2H3. The Kier molecular flexibility index (Phi) is 10.3. The van der Waals surface area contributed by atoms with Crippen molar-refractivity contribution in [3.8, 4) is 0 Å². The van der Waals surface area contributed by atoms with Crippen molar-refractivity contribution in [2.75, 3.05) is 19.6 Å². The van der Waals surface area contributed by atoms with Crippen molar-refractivity contribution in [2.45, 2.75) is 72.5 Å². The molecular weight excluding hydrogens is 366 g/mol. The average molecular weight is 408 g/mol. The Hall–Kier alpha value is -1.90. The number of nitrogens with zero attached hydrogens (tertiary/aromatic N) is 1. The van der Waals surface area contributed by atoms with Crippen LogP contribution in [0.1, 0.15) is 82.2 Å². The molecule has 0 radical (unpaired) electrons. The van der Waals surface area contributed by atoms with Crippen LogP contribution in [-0.2, 0) is 11.2 Å². The summed E-state index contributed by atoms with van der Waals surface area (Å²) in [7, 11) is 0. The third kappa shape index (κ3) is 5.42. The van der Waals surface area contributed by atoms with E-state index in [0.29, 0.717) is 12.0 Å². The molecule has 0 spiro atoms. The van der Waals surface area contributed by atoms with Gasteiger partial charge in [0.05, 0.1) is 12.2 Å². The Bertz CT molecular complexity index is 720. The van der Waals surface area contributed by atoms with Gasteiger partial charge in [0.2, 0.25) is 0 Å². The van der Waals surface area contributed by atoms with Crippen molar-refractivity contribution in [3.63, 3.8) is 0 Å². The molecule has 0 bridgehead atoms. The van der Waals surface area contributed by atoms with Crippen LogP contribution < -0.4 is 0 Å². The smallest absolute Gasteiger partial charge is 0.0901 e. The minimum Gasteiger partial charge on any atom is -0.368 e. The molecule has 3 aliphatic rings. The number of benzene rings is 2. The van der Waals surface area contributed by atoms with Crippen molar-refractivity contribution in [2.24, 2.45) is 0 Å². The molecule has 3 unspecified atom stereocenters. The van der Waals surface area contributed by atoms with Crippen LogP contribution in [0.3, 0.4) is 0 Å². The lowest BCUT2D eigenvalue weighted by Crippen LogP contribution is -2.30. The molecule has 30 heavy (non-hydrogen) atoms. The van der Waals surface area contributed by atoms with Gasteiger partial charge in [-0.1, -0.05) is 102 Å². The van der Waals surface area contributed by atoms with Crippen molar-refractivity contribution in [3.05, 3.63) is 82.9 Å². The van der Waals surface area contributed by atoms with E-state index in [2.05, 4.69) is 65.6 Å². The predicted molar refractivity (Wildman–Crippen MR) is 130 cm³/mol. The highest BCUT2D eigenvalue weighted by Gasteiger charge is 2.40. The van der Waals surface area contributed by atoms with Crippen LogP contribution in [0.15, 0.2) is 60.7 Å². The van der Waals surface area contributed by atoms with E-state index in [1.807, 2.05) is 41.5 Å². The van der Waals surface area contributed by atoms with Gasteiger partial charge in [0.15, 0.2) is 0 Å². The van der Waals surface area contributed by atoms with E-state index >= 15 is 0 Å². The number of hydrogen-bond acceptors (Lipinski definition) is 2. The maximum atomic E-state index is 6.62. The maximum absolute atomic E-state index is 6.62. The monoisotopic (exact) mass is 407 g/mol. The number of hydrogen-bond donors (Lipinski definition) is 0. The molecule has 2 heteroatoms. The zero-order valence-electron chi connectivity index (χ0n) is 19.9. The van der Waals surface area contributed by atoms with E-state index in [1.165, 1.54) is 22.3 Å².